The number of para-hydroxylation sites is 2. The summed E-state index contributed by atoms with van der Waals surface area (Å²) in [5.41, 5.74) is 3.34. The average Bonchev–Trinajstić information content (AvgIpc) is 4.04. The van der Waals surface area contributed by atoms with Gasteiger partial charge in [0.05, 0.1) is 28.5 Å². The molecule has 0 aromatic heterocycles. The second-order valence-corrected chi connectivity index (χ2v) is 23.0. The van der Waals surface area contributed by atoms with Gasteiger partial charge in [-0.05, 0) is 160 Å². The molecule has 6 atom stereocenters. The molecule has 3 heterocycles. The Morgan fingerprint density at radius 3 is 1.81 bits per heavy atom. The Morgan fingerprint density at radius 2 is 1.21 bits per heavy atom. The number of aromatic hydroxyl groups is 1. The molecule has 0 amide bonds. The number of phenols is 1. The fourth-order valence-corrected chi connectivity index (χ4v) is 14.9. The van der Waals surface area contributed by atoms with E-state index in [9.17, 15) is 5.11 Å². The van der Waals surface area contributed by atoms with Crippen molar-refractivity contribution in [2.45, 2.75) is 83.1 Å². The molecule has 0 radical (unpaired) electrons. The average molecular weight is 973 g/mol. The molecule has 8 fully saturated rings. The molecule has 6 aliphatic carbocycles. The minimum absolute atomic E-state index is 0.416. The van der Waals surface area contributed by atoms with E-state index in [2.05, 4.69) is 47.6 Å². The number of fused-ring (bicyclic) bond motifs is 5. The number of anilines is 3. The Kier molecular flexibility index (Phi) is 15.7. The zero-order valence-electron chi connectivity index (χ0n) is 40.2. The summed E-state index contributed by atoms with van der Waals surface area (Å²) in [5.74, 6) is 9.02. The van der Waals surface area contributed by atoms with Gasteiger partial charge in [0, 0.05) is 108 Å². The van der Waals surface area contributed by atoms with Crippen molar-refractivity contribution in [2.24, 2.45) is 47.3 Å². The molecule has 8 nitrogen and oxygen atoms in total. The number of phenolic OH excluding ortho intramolecular Hbond substituents is 1. The summed E-state index contributed by atoms with van der Waals surface area (Å²) in [7, 11) is 1.74. The zero-order chi connectivity index (χ0) is 45.9. The maximum atomic E-state index is 9.97. The quantitative estimate of drug-likeness (QED) is 0.213. The van der Waals surface area contributed by atoms with Crippen LogP contribution in [0.2, 0.25) is 15.1 Å². The van der Waals surface area contributed by atoms with Crippen molar-refractivity contribution in [2.75, 3.05) is 113 Å². The summed E-state index contributed by atoms with van der Waals surface area (Å²) in [4.78, 5) is 15.3. The van der Waals surface area contributed by atoms with Gasteiger partial charge in [-0.2, -0.15) is 0 Å². The van der Waals surface area contributed by atoms with Crippen LogP contribution in [0.15, 0.2) is 72.8 Å². The Morgan fingerprint density at radius 1 is 0.567 bits per heavy atom. The third kappa shape index (κ3) is 11.2. The van der Waals surface area contributed by atoms with E-state index in [-0.39, 0.29) is 0 Å². The van der Waals surface area contributed by atoms with E-state index < -0.39 is 0 Å². The van der Waals surface area contributed by atoms with Gasteiger partial charge in [0.25, 0.3) is 0 Å². The molecule has 0 spiro atoms. The number of nitrogens with zero attached hydrogens (tertiary/aromatic N) is 6. The Hall–Kier alpha value is -2.85. The lowest BCUT2D eigenvalue weighted by Crippen LogP contribution is -2.56. The van der Waals surface area contributed by atoms with Gasteiger partial charge in [-0.25, -0.2) is 0 Å². The van der Waals surface area contributed by atoms with E-state index in [1.54, 1.807) is 13.2 Å². The molecule has 3 saturated heterocycles. The van der Waals surface area contributed by atoms with Gasteiger partial charge in [-0.3, -0.25) is 14.7 Å². The van der Waals surface area contributed by atoms with E-state index >= 15 is 0 Å². The van der Waals surface area contributed by atoms with Crippen LogP contribution in [0.5, 0.6) is 11.5 Å². The molecule has 1 N–H and O–H groups in total. The highest BCUT2D eigenvalue weighted by molar-refractivity contribution is 6.42. The highest BCUT2D eigenvalue weighted by Gasteiger charge is 2.43. The first-order valence-electron chi connectivity index (χ1n) is 26.4. The van der Waals surface area contributed by atoms with Gasteiger partial charge < -0.3 is 24.5 Å². The maximum Gasteiger partial charge on any atom is 0.142 e. The van der Waals surface area contributed by atoms with Gasteiger partial charge in [0.2, 0.25) is 0 Å². The van der Waals surface area contributed by atoms with Crippen LogP contribution < -0.4 is 19.4 Å². The van der Waals surface area contributed by atoms with Crippen LogP contribution in [0, 0.1) is 47.3 Å². The molecule has 5 saturated carbocycles. The van der Waals surface area contributed by atoms with Crippen molar-refractivity contribution < 1.29 is 9.84 Å². The van der Waals surface area contributed by atoms with Gasteiger partial charge in [0.1, 0.15) is 11.5 Å². The van der Waals surface area contributed by atoms with Crippen LogP contribution in [0.3, 0.4) is 0 Å². The maximum absolute atomic E-state index is 9.97. The van der Waals surface area contributed by atoms with E-state index in [4.69, 9.17) is 39.5 Å². The number of allylic oxidation sites excluding steroid dienone is 2. The molecule has 364 valence electrons. The summed E-state index contributed by atoms with van der Waals surface area (Å²) in [5, 5.41) is 12.0. The van der Waals surface area contributed by atoms with Crippen molar-refractivity contribution in [3.8, 4) is 11.5 Å². The van der Waals surface area contributed by atoms with Crippen LogP contribution in [0.4, 0.5) is 17.1 Å². The number of methoxy groups -OCH3 is 1. The fraction of sp³-hybridized carbons (Fsp3) is 0.643. The molecular formula is C56H77Cl3N6O2. The number of halogens is 3. The van der Waals surface area contributed by atoms with Crippen LogP contribution in [0.25, 0.3) is 0 Å². The van der Waals surface area contributed by atoms with E-state index in [0.29, 0.717) is 15.8 Å². The Labute approximate surface area is 417 Å². The van der Waals surface area contributed by atoms with E-state index in [1.165, 1.54) is 109 Å². The van der Waals surface area contributed by atoms with Gasteiger partial charge in [-0.15, -0.1) is 0 Å². The van der Waals surface area contributed by atoms with Crippen LogP contribution >= 0.6 is 34.8 Å². The minimum atomic E-state index is 0.416. The molecule has 3 aromatic rings. The number of piperazine rings is 3. The number of hydrogen-bond acceptors (Lipinski definition) is 8. The zero-order valence-corrected chi connectivity index (χ0v) is 42.4. The molecule has 9 aliphatic rings. The summed E-state index contributed by atoms with van der Waals surface area (Å²) in [6.07, 6.45) is 22.4. The molecule has 6 unspecified atom stereocenters. The Bertz CT molecular complexity index is 2100. The second-order valence-electron chi connectivity index (χ2n) is 21.8. The summed E-state index contributed by atoms with van der Waals surface area (Å²) in [6, 6.07) is 20.5. The predicted octanol–water partition coefficient (Wildman–Crippen LogP) is 11.7. The highest BCUT2D eigenvalue weighted by atomic mass is 35.5. The van der Waals surface area contributed by atoms with Crippen molar-refractivity contribution >= 4 is 51.9 Å². The van der Waals surface area contributed by atoms with Gasteiger partial charge >= 0.3 is 0 Å². The molecule has 4 bridgehead atoms. The van der Waals surface area contributed by atoms with Crippen LogP contribution in [-0.2, 0) is 0 Å². The molecule has 3 aliphatic heterocycles. The van der Waals surface area contributed by atoms with Crippen molar-refractivity contribution in [1.82, 2.24) is 14.7 Å². The number of ether oxygens (including phenoxy) is 1. The lowest BCUT2D eigenvalue weighted by Gasteiger charge is -2.50. The first-order chi connectivity index (χ1) is 32.8. The molecule has 67 heavy (non-hydrogen) atoms. The van der Waals surface area contributed by atoms with E-state index in [1.807, 2.05) is 48.5 Å². The van der Waals surface area contributed by atoms with Crippen LogP contribution in [-0.4, -0.2) is 125 Å². The standard InChI is InChI=1S/C20H29ClN2O.C18H22Cl2N2.C18H26N2O/c1-24-19-9-8-17(21)14-18(19)22-10-12-23(13-11-22)20-15-4-2-5-16(20)7-3-6-15;19-17-4-3-16(11-18(17)20)22-7-5-21(6-8-22)12-15-10-13-1-2-14(15)9-13;21-18-4-2-1-3-17(18)20-11-9-19(10-12-20)13-15-6-5-14-7-8-16(14)15/h8-9,14-16,20H,2-7,10-13H2,1H3;1-4,11,13-15H,5-10,12H2;1-4,14-16,21H,5-13H2. The highest BCUT2D eigenvalue weighted by Crippen LogP contribution is 2.51. The Balaban J connectivity index is 0.000000118. The second kappa shape index (κ2) is 22.1. The number of hydrogen-bond donors (Lipinski definition) is 1. The monoisotopic (exact) mass is 971 g/mol. The SMILES string of the molecule is COc1ccc(Cl)cc1N1CCN(C2C3CCCC2CCC3)CC1.Clc1ccc(N2CCN(CC3CC4C=CC3C4)CC2)cc1Cl.Oc1ccccc1N1CCN(CC2CCC3CCC32)CC1. The van der Waals surface area contributed by atoms with Crippen molar-refractivity contribution in [3.63, 3.8) is 0 Å². The molecule has 3 aromatic carbocycles. The van der Waals surface area contributed by atoms with E-state index in [0.717, 1.165) is 141 Å². The van der Waals surface area contributed by atoms with Crippen LogP contribution in [0.1, 0.15) is 77.0 Å². The molecule has 12 rings (SSSR count). The molecular weight excluding hydrogens is 895 g/mol. The largest absolute Gasteiger partial charge is 0.506 e. The summed E-state index contributed by atoms with van der Waals surface area (Å²) in [6.45, 7) is 15.9. The lowest BCUT2D eigenvalue weighted by molar-refractivity contribution is 0.0181. The molecule has 11 heteroatoms. The third-order valence-electron chi connectivity index (χ3n) is 18.1. The predicted molar refractivity (Wildman–Crippen MR) is 280 cm³/mol. The van der Waals surface area contributed by atoms with Gasteiger partial charge in [-0.1, -0.05) is 71.9 Å². The number of rotatable bonds is 9. The lowest BCUT2D eigenvalue weighted by atomic mass is 9.68. The number of benzene rings is 3. The first kappa shape index (κ1) is 47.8. The minimum Gasteiger partial charge on any atom is -0.506 e. The normalized spacial score (nSPS) is 31.6. The third-order valence-corrected chi connectivity index (χ3v) is 19.1. The smallest absolute Gasteiger partial charge is 0.142 e. The first-order valence-corrected chi connectivity index (χ1v) is 27.6. The van der Waals surface area contributed by atoms with Gasteiger partial charge in [0.15, 0.2) is 0 Å². The van der Waals surface area contributed by atoms with Crippen molar-refractivity contribution in [3.05, 3.63) is 87.9 Å². The summed E-state index contributed by atoms with van der Waals surface area (Å²) < 4.78 is 5.54. The van der Waals surface area contributed by atoms with Crippen molar-refractivity contribution in [1.29, 1.82) is 0 Å². The summed E-state index contributed by atoms with van der Waals surface area (Å²) >= 11 is 18.4. The fourth-order valence-electron chi connectivity index (χ4n) is 14.4. The topological polar surface area (TPSA) is 48.9 Å².